The molecule has 3 N–H and O–H groups in total. The Morgan fingerprint density at radius 3 is 2.44 bits per heavy atom. The molecular formula is C26H25Cl2N3O4S. The van der Waals surface area contributed by atoms with Crippen LogP contribution in [0.1, 0.15) is 28.8 Å². The zero-order valence-corrected chi connectivity index (χ0v) is 21.6. The van der Waals surface area contributed by atoms with Gasteiger partial charge < -0.3 is 9.47 Å². The van der Waals surface area contributed by atoms with Gasteiger partial charge in [-0.3, -0.25) is 25.8 Å². The van der Waals surface area contributed by atoms with Crippen molar-refractivity contribution in [1.82, 2.24) is 16.2 Å². The molecule has 188 valence electrons. The summed E-state index contributed by atoms with van der Waals surface area (Å²) >= 11 is 17.0. The van der Waals surface area contributed by atoms with Crippen molar-refractivity contribution in [1.29, 1.82) is 0 Å². The van der Waals surface area contributed by atoms with E-state index in [4.69, 9.17) is 44.9 Å². The predicted molar refractivity (Wildman–Crippen MR) is 145 cm³/mol. The molecule has 10 heteroatoms. The summed E-state index contributed by atoms with van der Waals surface area (Å²) in [6.07, 6.45) is 1.38. The van der Waals surface area contributed by atoms with Crippen LogP contribution < -0.4 is 25.6 Å². The van der Waals surface area contributed by atoms with E-state index in [9.17, 15) is 9.59 Å². The van der Waals surface area contributed by atoms with E-state index in [1.165, 1.54) is 5.56 Å². The number of hydrazine groups is 1. The summed E-state index contributed by atoms with van der Waals surface area (Å²) in [6.45, 7) is 0.776. The Morgan fingerprint density at radius 2 is 1.67 bits per heavy atom. The van der Waals surface area contributed by atoms with E-state index in [0.29, 0.717) is 46.7 Å². The third kappa shape index (κ3) is 9.37. The molecule has 0 aliphatic rings. The first-order chi connectivity index (χ1) is 17.4. The van der Waals surface area contributed by atoms with Gasteiger partial charge in [0.15, 0.2) is 5.11 Å². The molecule has 0 atom stereocenters. The number of amides is 2. The maximum Gasteiger partial charge on any atom is 0.257 e. The minimum atomic E-state index is -0.427. The van der Waals surface area contributed by atoms with Gasteiger partial charge in [-0.15, -0.1) is 0 Å². The van der Waals surface area contributed by atoms with E-state index >= 15 is 0 Å². The van der Waals surface area contributed by atoms with Gasteiger partial charge in [-0.2, -0.15) is 0 Å². The first kappa shape index (κ1) is 27.3. The molecule has 3 aromatic rings. The molecule has 7 nitrogen and oxygen atoms in total. The van der Waals surface area contributed by atoms with Crippen molar-refractivity contribution >= 4 is 52.3 Å². The Kier molecular flexibility index (Phi) is 10.8. The quantitative estimate of drug-likeness (QED) is 0.186. The Balaban J connectivity index is 1.34. The van der Waals surface area contributed by atoms with Crippen LogP contribution in [0.4, 0.5) is 0 Å². The first-order valence-electron chi connectivity index (χ1n) is 11.2. The molecule has 3 rings (SSSR count). The number of carbonyl (C=O) groups is 2. The monoisotopic (exact) mass is 545 g/mol. The van der Waals surface area contributed by atoms with Crippen molar-refractivity contribution < 1.29 is 19.1 Å². The van der Waals surface area contributed by atoms with Crippen LogP contribution in [0.2, 0.25) is 10.0 Å². The van der Waals surface area contributed by atoms with Gasteiger partial charge in [0.2, 0.25) is 5.91 Å². The number of thiocarbonyl (C=S) groups is 1. The van der Waals surface area contributed by atoms with Gasteiger partial charge in [-0.1, -0.05) is 59.6 Å². The maximum absolute atomic E-state index is 12.5. The predicted octanol–water partition coefficient (Wildman–Crippen LogP) is 5.11. The summed E-state index contributed by atoms with van der Waals surface area (Å²) in [4.78, 5) is 24.5. The molecule has 0 aliphatic carbocycles. The average Bonchev–Trinajstić information content (AvgIpc) is 2.87. The number of carbonyl (C=O) groups excluding carboxylic acids is 2. The molecule has 36 heavy (non-hydrogen) atoms. The smallest absolute Gasteiger partial charge is 0.257 e. The molecule has 0 saturated carbocycles. The van der Waals surface area contributed by atoms with E-state index in [0.717, 1.165) is 6.42 Å². The van der Waals surface area contributed by atoms with Crippen LogP contribution in [-0.4, -0.2) is 30.1 Å². The van der Waals surface area contributed by atoms with Gasteiger partial charge in [0.1, 0.15) is 11.5 Å². The maximum atomic E-state index is 12.5. The summed E-state index contributed by atoms with van der Waals surface area (Å²) in [7, 11) is 0. The van der Waals surface area contributed by atoms with Crippen molar-refractivity contribution in [2.45, 2.75) is 19.3 Å². The van der Waals surface area contributed by atoms with Gasteiger partial charge in [0, 0.05) is 23.4 Å². The van der Waals surface area contributed by atoms with Crippen LogP contribution in [0.3, 0.4) is 0 Å². The summed E-state index contributed by atoms with van der Waals surface area (Å²) < 4.78 is 11.3. The highest BCUT2D eigenvalue weighted by Crippen LogP contribution is 2.27. The topological polar surface area (TPSA) is 88.7 Å². The van der Waals surface area contributed by atoms with Crippen LogP contribution in [0.15, 0.2) is 72.8 Å². The largest absolute Gasteiger partial charge is 0.493 e. The highest BCUT2D eigenvalue weighted by Gasteiger charge is 2.10. The fraction of sp³-hybridized carbons (Fsp3) is 0.192. The highest BCUT2D eigenvalue weighted by molar-refractivity contribution is 7.80. The molecule has 0 radical (unpaired) electrons. The van der Waals surface area contributed by atoms with Crippen molar-refractivity contribution in [2.24, 2.45) is 0 Å². The number of benzene rings is 3. The molecule has 0 spiro atoms. The lowest BCUT2D eigenvalue weighted by Crippen LogP contribution is -2.48. The number of hydrogen-bond donors (Lipinski definition) is 3. The zero-order valence-electron chi connectivity index (χ0n) is 19.3. The Labute approximate surface area is 225 Å². The van der Waals surface area contributed by atoms with E-state index in [1.807, 2.05) is 30.3 Å². The van der Waals surface area contributed by atoms with Crippen LogP contribution in [0, 0.1) is 0 Å². The number of halogens is 2. The Hall–Kier alpha value is -3.33. The van der Waals surface area contributed by atoms with E-state index in [2.05, 4.69) is 16.2 Å². The molecule has 0 fully saturated rings. The molecule has 0 bridgehead atoms. The molecular weight excluding hydrogens is 521 g/mol. The lowest BCUT2D eigenvalue weighted by Gasteiger charge is -2.12. The molecule has 0 heterocycles. The van der Waals surface area contributed by atoms with Crippen molar-refractivity contribution in [3.05, 3.63) is 94.0 Å². The van der Waals surface area contributed by atoms with Gasteiger partial charge in [0.05, 0.1) is 18.2 Å². The fourth-order valence-corrected chi connectivity index (χ4v) is 3.67. The van der Waals surface area contributed by atoms with Crippen LogP contribution in [0.5, 0.6) is 11.5 Å². The lowest BCUT2D eigenvalue weighted by molar-refractivity contribution is -0.121. The van der Waals surface area contributed by atoms with Crippen molar-refractivity contribution in [3.8, 4) is 11.5 Å². The highest BCUT2D eigenvalue weighted by atomic mass is 35.5. The van der Waals surface area contributed by atoms with E-state index in [1.54, 1.807) is 42.5 Å². The summed E-state index contributed by atoms with van der Waals surface area (Å²) in [6, 6.07) is 21.7. The number of nitrogens with one attached hydrogen (secondary N) is 3. The Morgan fingerprint density at radius 1 is 0.861 bits per heavy atom. The van der Waals surface area contributed by atoms with Gasteiger partial charge >= 0.3 is 0 Å². The van der Waals surface area contributed by atoms with Gasteiger partial charge in [-0.05, 0) is 60.6 Å². The molecule has 0 saturated heterocycles. The molecule has 0 aliphatic heterocycles. The third-order valence-electron chi connectivity index (χ3n) is 4.84. The second kappa shape index (κ2) is 14.3. The van der Waals surface area contributed by atoms with Crippen molar-refractivity contribution in [3.63, 3.8) is 0 Å². The second-order valence-electron chi connectivity index (χ2n) is 7.60. The normalized spacial score (nSPS) is 10.3. The van der Waals surface area contributed by atoms with Crippen LogP contribution in [-0.2, 0) is 11.2 Å². The number of rotatable bonds is 10. The van der Waals surface area contributed by atoms with Crippen LogP contribution in [0.25, 0.3) is 0 Å². The molecule has 2 amide bonds. The zero-order chi connectivity index (χ0) is 25.8. The lowest BCUT2D eigenvalue weighted by atomic mass is 10.2. The standard InChI is InChI=1S/C26H25Cl2N3O4S/c27-20-11-12-23(22(28)17-20)35-14-5-10-24(32)30-31-26(36)29-25(33)19-8-4-9-21(16-19)34-15-13-18-6-2-1-3-7-18/h1-4,6-9,11-12,16-17H,5,10,13-15H2,(H,30,32)(H2,29,31,33,36). The fourth-order valence-electron chi connectivity index (χ4n) is 3.06. The van der Waals surface area contributed by atoms with Crippen molar-refractivity contribution in [2.75, 3.05) is 13.2 Å². The Bertz CT molecular complexity index is 1190. The molecule has 3 aromatic carbocycles. The van der Waals surface area contributed by atoms with Gasteiger partial charge in [0.25, 0.3) is 5.91 Å². The van der Waals surface area contributed by atoms with E-state index < -0.39 is 5.91 Å². The van der Waals surface area contributed by atoms with Crippen LogP contribution >= 0.6 is 35.4 Å². The molecule has 0 unspecified atom stereocenters. The second-order valence-corrected chi connectivity index (χ2v) is 8.85. The van der Waals surface area contributed by atoms with E-state index in [-0.39, 0.29) is 17.4 Å². The number of hydrogen-bond acceptors (Lipinski definition) is 5. The minimum absolute atomic E-state index is 0.0343. The summed E-state index contributed by atoms with van der Waals surface area (Å²) in [5.41, 5.74) is 6.50. The summed E-state index contributed by atoms with van der Waals surface area (Å²) in [5.74, 6) is 0.330. The minimum Gasteiger partial charge on any atom is -0.493 e. The van der Waals surface area contributed by atoms with Gasteiger partial charge in [-0.25, -0.2) is 0 Å². The average molecular weight is 546 g/mol. The molecule has 0 aromatic heterocycles. The first-order valence-corrected chi connectivity index (χ1v) is 12.3. The SMILES string of the molecule is O=C(CCCOc1ccc(Cl)cc1Cl)NNC(=S)NC(=O)c1cccc(OCCc2ccccc2)c1. The summed E-state index contributed by atoms with van der Waals surface area (Å²) in [5, 5.41) is 3.40. The number of ether oxygens (including phenoxy) is 2. The third-order valence-corrected chi connectivity index (χ3v) is 5.58.